The fourth-order valence-corrected chi connectivity index (χ4v) is 4.88. The van der Waals surface area contributed by atoms with Crippen LogP contribution in [-0.4, -0.2) is 35.1 Å². The molecule has 0 aromatic heterocycles. The molecular weight excluding hydrogens is 396 g/mol. The van der Waals surface area contributed by atoms with Gasteiger partial charge in [-0.3, -0.25) is 9.69 Å². The molecule has 1 saturated carbocycles. The van der Waals surface area contributed by atoms with Crippen molar-refractivity contribution in [1.29, 1.82) is 0 Å². The number of benzene rings is 2. The lowest BCUT2D eigenvalue weighted by Crippen LogP contribution is -2.40. The molecule has 5 nitrogen and oxygen atoms in total. The van der Waals surface area contributed by atoms with Crippen LogP contribution in [-0.2, 0) is 9.53 Å². The number of methoxy groups -OCH3 is 1. The molecule has 0 unspecified atom stereocenters. The van der Waals surface area contributed by atoms with Crippen molar-refractivity contribution in [2.75, 3.05) is 7.11 Å². The van der Waals surface area contributed by atoms with Gasteiger partial charge in [0.25, 0.3) is 5.91 Å². The molecule has 2 aliphatic rings. The molecule has 30 heavy (non-hydrogen) atoms. The number of hydrogen-bond acceptors (Lipinski definition) is 5. The molecule has 1 aliphatic heterocycles. The number of amides is 1. The highest BCUT2D eigenvalue weighted by Gasteiger charge is 2.38. The Morgan fingerprint density at radius 2 is 1.77 bits per heavy atom. The van der Waals surface area contributed by atoms with Gasteiger partial charge in [0.1, 0.15) is 0 Å². The fourth-order valence-electron chi connectivity index (χ4n) is 3.82. The van der Waals surface area contributed by atoms with Gasteiger partial charge in [-0.25, -0.2) is 9.79 Å². The summed E-state index contributed by atoms with van der Waals surface area (Å²) in [6, 6.07) is 17.0. The zero-order valence-electron chi connectivity index (χ0n) is 16.9. The number of para-hydroxylation sites is 1. The van der Waals surface area contributed by atoms with E-state index in [-0.39, 0.29) is 17.9 Å². The van der Waals surface area contributed by atoms with Gasteiger partial charge in [-0.2, -0.15) is 0 Å². The van der Waals surface area contributed by atoms with Crippen LogP contribution in [0, 0.1) is 0 Å². The summed E-state index contributed by atoms with van der Waals surface area (Å²) in [7, 11) is 1.36. The maximum Gasteiger partial charge on any atom is 0.337 e. The van der Waals surface area contributed by atoms with E-state index in [0.29, 0.717) is 10.5 Å². The average Bonchev–Trinajstić information content (AvgIpc) is 3.09. The van der Waals surface area contributed by atoms with Gasteiger partial charge in [-0.15, -0.1) is 0 Å². The zero-order chi connectivity index (χ0) is 20.9. The molecule has 2 aromatic rings. The van der Waals surface area contributed by atoms with Crippen molar-refractivity contribution in [3.63, 3.8) is 0 Å². The largest absolute Gasteiger partial charge is 0.465 e. The van der Waals surface area contributed by atoms with E-state index in [9.17, 15) is 9.59 Å². The minimum Gasteiger partial charge on any atom is -0.465 e. The predicted octanol–water partition coefficient (Wildman–Crippen LogP) is 5.41. The number of aliphatic imine (C=N–C) groups is 1. The lowest BCUT2D eigenvalue weighted by atomic mass is 9.94. The zero-order valence-corrected chi connectivity index (χ0v) is 17.7. The summed E-state index contributed by atoms with van der Waals surface area (Å²) in [5, 5.41) is 0.746. The molecule has 4 rings (SSSR count). The molecule has 6 heteroatoms. The molecule has 0 N–H and O–H groups in total. The molecule has 0 radical (unpaired) electrons. The number of nitrogens with zero attached hydrogens (tertiary/aromatic N) is 2. The Morgan fingerprint density at radius 3 is 2.43 bits per heavy atom. The van der Waals surface area contributed by atoms with Crippen molar-refractivity contribution in [1.82, 2.24) is 4.90 Å². The summed E-state index contributed by atoms with van der Waals surface area (Å²) in [6.07, 6.45) is 7.42. The first-order valence-electron chi connectivity index (χ1n) is 10.2. The van der Waals surface area contributed by atoms with Gasteiger partial charge in [0.15, 0.2) is 5.17 Å². The van der Waals surface area contributed by atoms with E-state index < -0.39 is 0 Å². The summed E-state index contributed by atoms with van der Waals surface area (Å²) in [5.74, 6) is -0.361. The van der Waals surface area contributed by atoms with E-state index in [1.165, 1.54) is 25.3 Å². The first-order valence-corrected chi connectivity index (χ1v) is 11.0. The van der Waals surface area contributed by atoms with Crippen molar-refractivity contribution in [2.45, 2.75) is 38.1 Å². The molecule has 1 heterocycles. The highest BCUT2D eigenvalue weighted by molar-refractivity contribution is 8.18. The van der Waals surface area contributed by atoms with E-state index in [4.69, 9.17) is 9.73 Å². The van der Waals surface area contributed by atoms with E-state index in [2.05, 4.69) is 0 Å². The maximum absolute atomic E-state index is 13.3. The number of thioether (sulfide) groups is 1. The smallest absolute Gasteiger partial charge is 0.337 e. The predicted molar refractivity (Wildman–Crippen MR) is 121 cm³/mol. The minimum atomic E-state index is -0.374. The molecule has 1 aliphatic carbocycles. The van der Waals surface area contributed by atoms with Gasteiger partial charge in [0.05, 0.1) is 23.3 Å². The van der Waals surface area contributed by atoms with Crippen LogP contribution >= 0.6 is 11.8 Å². The maximum atomic E-state index is 13.3. The highest BCUT2D eigenvalue weighted by atomic mass is 32.2. The van der Waals surface area contributed by atoms with Crippen LogP contribution in [0.2, 0.25) is 0 Å². The highest BCUT2D eigenvalue weighted by Crippen LogP contribution is 2.38. The molecular formula is C24H24N2O3S. The SMILES string of the molecule is COC(=O)c1ccc(/C=C2\SC(=Nc3ccccc3)N(C3CCCCC3)C2=O)cc1. The van der Waals surface area contributed by atoms with Crippen molar-refractivity contribution < 1.29 is 14.3 Å². The molecule has 0 spiro atoms. The topological polar surface area (TPSA) is 59.0 Å². The number of hydrogen-bond donors (Lipinski definition) is 0. The third kappa shape index (κ3) is 4.49. The van der Waals surface area contributed by atoms with Crippen molar-refractivity contribution in [2.24, 2.45) is 4.99 Å². The van der Waals surface area contributed by atoms with Crippen LogP contribution in [0.5, 0.6) is 0 Å². The second-order valence-electron chi connectivity index (χ2n) is 7.42. The summed E-state index contributed by atoms with van der Waals surface area (Å²) in [6.45, 7) is 0. The van der Waals surface area contributed by atoms with E-state index >= 15 is 0 Å². The molecule has 2 aromatic carbocycles. The lowest BCUT2D eigenvalue weighted by molar-refractivity contribution is -0.124. The van der Waals surface area contributed by atoms with Gasteiger partial charge in [0, 0.05) is 6.04 Å². The third-order valence-corrected chi connectivity index (χ3v) is 6.37. The number of rotatable bonds is 4. The van der Waals surface area contributed by atoms with Gasteiger partial charge in [-0.1, -0.05) is 49.6 Å². The number of esters is 1. The Balaban J connectivity index is 1.64. The summed E-state index contributed by atoms with van der Waals surface area (Å²) >= 11 is 1.42. The molecule has 2 fully saturated rings. The van der Waals surface area contributed by atoms with Crippen LogP contribution < -0.4 is 0 Å². The second kappa shape index (κ2) is 9.30. The van der Waals surface area contributed by atoms with Crippen LogP contribution in [0.15, 0.2) is 64.5 Å². The molecule has 0 atom stereocenters. The van der Waals surface area contributed by atoms with E-state index in [0.717, 1.165) is 42.1 Å². The van der Waals surface area contributed by atoms with E-state index in [1.54, 1.807) is 12.1 Å². The average molecular weight is 421 g/mol. The summed E-state index contributed by atoms with van der Waals surface area (Å²) in [5.41, 5.74) is 2.19. The first kappa shape index (κ1) is 20.4. The van der Waals surface area contributed by atoms with Gasteiger partial charge in [0.2, 0.25) is 0 Å². The van der Waals surface area contributed by atoms with Crippen LogP contribution in [0.1, 0.15) is 48.0 Å². The number of carbonyl (C=O) groups excluding carboxylic acids is 2. The number of carbonyl (C=O) groups is 2. The molecule has 0 bridgehead atoms. The normalized spacial score (nSPS) is 20.2. The molecule has 1 saturated heterocycles. The lowest BCUT2D eigenvalue weighted by Gasteiger charge is -2.30. The number of amidine groups is 1. The third-order valence-electron chi connectivity index (χ3n) is 5.39. The minimum absolute atomic E-state index is 0.0126. The Hall–Kier alpha value is -2.86. The monoisotopic (exact) mass is 420 g/mol. The van der Waals surface area contributed by atoms with Gasteiger partial charge >= 0.3 is 5.97 Å². The van der Waals surface area contributed by atoms with Gasteiger partial charge < -0.3 is 4.74 Å². The van der Waals surface area contributed by atoms with E-state index in [1.807, 2.05) is 53.4 Å². The molecule has 1 amide bonds. The summed E-state index contributed by atoms with van der Waals surface area (Å²) in [4.78, 5) is 32.3. The van der Waals surface area contributed by atoms with Gasteiger partial charge in [-0.05, 0) is 60.5 Å². The van der Waals surface area contributed by atoms with Crippen molar-refractivity contribution in [3.05, 3.63) is 70.6 Å². The molecule has 154 valence electrons. The first-order chi connectivity index (χ1) is 14.7. The van der Waals surface area contributed by atoms with Crippen LogP contribution in [0.3, 0.4) is 0 Å². The standard InChI is InChI=1S/C24H24N2O3S/c1-29-23(28)18-14-12-17(13-15-18)16-21-22(27)26(20-10-6-3-7-11-20)24(30-21)25-19-8-4-2-5-9-19/h2,4-5,8-9,12-16,20H,3,6-7,10-11H2,1H3/b21-16-,25-24?. The Kier molecular flexibility index (Phi) is 6.33. The second-order valence-corrected chi connectivity index (χ2v) is 8.43. The Bertz CT molecular complexity index is 977. The van der Waals surface area contributed by atoms with Crippen LogP contribution in [0.4, 0.5) is 5.69 Å². The van der Waals surface area contributed by atoms with Crippen LogP contribution in [0.25, 0.3) is 6.08 Å². The summed E-state index contributed by atoms with van der Waals surface area (Å²) < 4.78 is 4.74. The van der Waals surface area contributed by atoms with Crippen molar-refractivity contribution in [3.8, 4) is 0 Å². The Labute approximate surface area is 180 Å². The Morgan fingerprint density at radius 1 is 1.07 bits per heavy atom. The quantitative estimate of drug-likeness (QED) is 0.490. The fraction of sp³-hybridized carbons (Fsp3) is 0.292. The van der Waals surface area contributed by atoms with Crippen molar-refractivity contribution >= 4 is 40.6 Å². The number of ether oxygens (including phenoxy) is 1.